The Morgan fingerprint density at radius 3 is 1.04 bits per heavy atom. The van der Waals surface area contributed by atoms with Crippen molar-refractivity contribution in [1.82, 2.24) is 0 Å². The quantitative estimate of drug-likeness (QED) is 0.169. The Morgan fingerprint density at radius 1 is 0.370 bits per heavy atom. The molecule has 1 heteroatoms. The Bertz CT molecular complexity index is 237. The van der Waals surface area contributed by atoms with Crippen molar-refractivity contribution in [2.75, 3.05) is 0 Å². The fourth-order valence-corrected chi connectivity index (χ4v) is 4.00. The molecule has 164 valence electrons. The molecule has 0 aromatic carbocycles. The van der Waals surface area contributed by atoms with Crippen LogP contribution in [0.1, 0.15) is 156 Å². The molecule has 0 radical (unpaired) electrons. The van der Waals surface area contributed by atoms with Gasteiger partial charge in [-0.2, -0.15) is 0 Å². The van der Waals surface area contributed by atoms with Crippen LogP contribution in [0, 0.1) is 0 Å². The molecule has 0 bridgehead atoms. The molecule has 2 unspecified atom stereocenters. The van der Waals surface area contributed by atoms with Crippen LogP contribution < -0.4 is 0 Å². The number of hydrogen-bond donors (Lipinski definition) is 0. The van der Waals surface area contributed by atoms with E-state index in [2.05, 4.69) is 27.7 Å². The molecule has 0 aliphatic heterocycles. The highest BCUT2D eigenvalue weighted by Crippen LogP contribution is 2.22. The predicted octanol–water partition coefficient (Wildman–Crippen LogP) is 9.62. The summed E-state index contributed by atoms with van der Waals surface area (Å²) < 4.78 is 6.71. The van der Waals surface area contributed by atoms with Gasteiger partial charge in [0.2, 0.25) is 0 Å². The second-order valence-electron chi connectivity index (χ2n) is 8.78. The van der Waals surface area contributed by atoms with Crippen molar-refractivity contribution < 1.29 is 4.74 Å². The van der Waals surface area contributed by atoms with Gasteiger partial charge in [0.25, 0.3) is 0 Å². The standard InChI is InChI=1S/C26H54O/c1-5-9-13-15-17-19-23-25(21-11-7-3)27-26(22-12-8-4)24-20-18-16-14-10-6-2/h25-26H,5-24H2,1-4H3. The molecule has 0 aromatic rings. The number of rotatable bonds is 22. The lowest BCUT2D eigenvalue weighted by atomic mass is 10.0. The van der Waals surface area contributed by atoms with Gasteiger partial charge >= 0.3 is 0 Å². The first-order chi connectivity index (χ1) is 13.3. The summed E-state index contributed by atoms with van der Waals surface area (Å²) in [5.74, 6) is 0. The molecule has 0 fully saturated rings. The van der Waals surface area contributed by atoms with Crippen LogP contribution in [-0.2, 0) is 4.74 Å². The highest BCUT2D eigenvalue weighted by Gasteiger charge is 2.16. The lowest BCUT2D eigenvalue weighted by molar-refractivity contribution is -0.0321. The van der Waals surface area contributed by atoms with Gasteiger partial charge < -0.3 is 4.74 Å². The van der Waals surface area contributed by atoms with Crippen LogP contribution in [0.3, 0.4) is 0 Å². The minimum absolute atomic E-state index is 0.526. The van der Waals surface area contributed by atoms with Crippen molar-refractivity contribution in [1.29, 1.82) is 0 Å². The summed E-state index contributed by atoms with van der Waals surface area (Å²) in [6.07, 6.45) is 28.2. The zero-order valence-corrected chi connectivity index (χ0v) is 19.7. The molecule has 27 heavy (non-hydrogen) atoms. The average molecular weight is 383 g/mol. The van der Waals surface area contributed by atoms with Crippen LogP contribution in [0.15, 0.2) is 0 Å². The van der Waals surface area contributed by atoms with E-state index < -0.39 is 0 Å². The van der Waals surface area contributed by atoms with Crippen molar-refractivity contribution in [2.24, 2.45) is 0 Å². The fourth-order valence-electron chi connectivity index (χ4n) is 4.00. The van der Waals surface area contributed by atoms with Crippen LogP contribution >= 0.6 is 0 Å². The molecule has 0 N–H and O–H groups in total. The first-order valence-corrected chi connectivity index (χ1v) is 12.9. The van der Waals surface area contributed by atoms with Gasteiger partial charge in [-0.25, -0.2) is 0 Å². The molecule has 0 spiro atoms. The molecule has 1 nitrogen and oxygen atoms in total. The number of unbranched alkanes of at least 4 members (excludes halogenated alkanes) is 12. The summed E-state index contributed by atoms with van der Waals surface area (Å²) >= 11 is 0. The van der Waals surface area contributed by atoms with E-state index in [9.17, 15) is 0 Å². The zero-order valence-electron chi connectivity index (χ0n) is 19.7. The minimum atomic E-state index is 0.526. The highest BCUT2D eigenvalue weighted by molar-refractivity contribution is 4.66. The van der Waals surface area contributed by atoms with Gasteiger partial charge in [0, 0.05) is 0 Å². The van der Waals surface area contributed by atoms with Gasteiger partial charge in [0.15, 0.2) is 0 Å². The zero-order chi connectivity index (χ0) is 20.0. The third-order valence-electron chi connectivity index (χ3n) is 5.90. The van der Waals surface area contributed by atoms with E-state index in [-0.39, 0.29) is 0 Å². The van der Waals surface area contributed by atoms with E-state index >= 15 is 0 Å². The van der Waals surface area contributed by atoms with E-state index in [0.29, 0.717) is 12.2 Å². The van der Waals surface area contributed by atoms with Crippen molar-refractivity contribution >= 4 is 0 Å². The van der Waals surface area contributed by atoms with Crippen molar-refractivity contribution in [3.8, 4) is 0 Å². The largest absolute Gasteiger partial charge is 0.375 e. The predicted molar refractivity (Wildman–Crippen MR) is 124 cm³/mol. The smallest absolute Gasteiger partial charge is 0.0578 e. The summed E-state index contributed by atoms with van der Waals surface area (Å²) in [5.41, 5.74) is 0. The Balaban J connectivity index is 4.20. The highest BCUT2D eigenvalue weighted by atomic mass is 16.5. The average Bonchev–Trinajstić information content (AvgIpc) is 2.68. The molecule has 2 atom stereocenters. The van der Waals surface area contributed by atoms with Gasteiger partial charge in [-0.3, -0.25) is 0 Å². The molecule has 0 rings (SSSR count). The Hall–Kier alpha value is -0.0400. The van der Waals surface area contributed by atoms with Crippen LogP contribution in [0.5, 0.6) is 0 Å². The van der Waals surface area contributed by atoms with Crippen molar-refractivity contribution in [3.05, 3.63) is 0 Å². The normalized spacial score (nSPS) is 13.8. The minimum Gasteiger partial charge on any atom is -0.375 e. The van der Waals surface area contributed by atoms with E-state index in [1.165, 1.54) is 128 Å². The topological polar surface area (TPSA) is 9.23 Å². The summed E-state index contributed by atoms with van der Waals surface area (Å²) in [5, 5.41) is 0. The van der Waals surface area contributed by atoms with E-state index in [1.807, 2.05) is 0 Å². The monoisotopic (exact) mass is 382 g/mol. The fraction of sp³-hybridized carbons (Fsp3) is 1.00. The van der Waals surface area contributed by atoms with Crippen LogP contribution in [0.4, 0.5) is 0 Å². The first kappa shape index (κ1) is 27.0. The lowest BCUT2D eigenvalue weighted by Gasteiger charge is -2.25. The maximum absolute atomic E-state index is 6.71. The summed E-state index contributed by atoms with van der Waals surface area (Å²) in [6.45, 7) is 9.23. The molecule has 0 aliphatic carbocycles. The third kappa shape index (κ3) is 19.1. The molecular formula is C26H54O. The molecule has 0 heterocycles. The van der Waals surface area contributed by atoms with Gasteiger partial charge in [-0.05, 0) is 25.7 Å². The Morgan fingerprint density at radius 2 is 0.667 bits per heavy atom. The van der Waals surface area contributed by atoms with Gasteiger partial charge in [0.05, 0.1) is 12.2 Å². The maximum atomic E-state index is 6.71. The molecule has 0 aliphatic rings. The molecular weight excluding hydrogens is 328 g/mol. The maximum Gasteiger partial charge on any atom is 0.0578 e. The molecule has 0 saturated carbocycles. The van der Waals surface area contributed by atoms with Gasteiger partial charge in [0.1, 0.15) is 0 Å². The summed E-state index contributed by atoms with van der Waals surface area (Å²) in [7, 11) is 0. The SMILES string of the molecule is CCCCCCCCC(CCCC)OC(CCCC)CCCCCCCC. The Kier molecular flexibility index (Phi) is 22.2. The van der Waals surface area contributed by atoms with E-state index in [4.69, 9.17) is 4.74 Å². The molecule has 0 saturated heterocycles. The third-order valence-corrected chi connectivity index (χ3v) is 5.90. The van der Waals surface area contributed by atoms with Crippen LogP contribution in [0.2, 0.25) is 0 Å². The van der Waals surface area contributed by atoms with Gasteiger partial charge in [-0.1, -0.05) is 130 Å². The molecule has 0 aromatic heterocycles. The second kappa shape index (κ2) is 22.3. The van der Waals surface area contributed by atoms with Crippen molar-refractivity contribution in [2.45, 2.75) is 168 Å². The van der Waals surface area contributed by atoms with E-state index in [0.717, 1.165) is 0 Å². The van der Waals surface area contributed by atoms with Gasteiger partial charge in [-0.15, -0.1) is 0 Å². The molecule has 0 amide bonds. The van der Waals surface area contributed by atoms with E-state index in [1.54, 1.807) is 0 Å². The first-order valence-electron chi connectivity index (χ1n) is 12.9. The summed E-state index contributed by atoms with van der Waals surface area (Å²) in [4.78, 5) is 0. The number of hydrogen-bond acceptors (Lipinski definition) is 1. The lowest BCUT2D eigenvalue weighted by Crippen LogP contribution is -2.23. The van der Waals surface area contributed by atoms with Crippen molar-refractivity contribution in [3.63, 3.8) is 0 Å². The second-order valence-corrected chi connectivity index (χ2v) is 8.78. The Labute approximate surface area is 173 Å². The number of ether oxygens (including phenoxy) is 1. The summed E-state index contributed by atoms with van der Waals surface area (Å²) in [6, 6.07) is 0. The van der Waals surface area contributed by atoms with Crippen LogP contribution in [0.25, 0.3) is 0 Å². The van der Waals surface area contributed by atoms with Crippen LogP contribution in [-0.4, -0.2) is 12.2 Å².